The fourth-order valence-electron chi connectivity index (χ4n) is 3.46. The van der Waals surface area contributed by atoms with Crippen molar-refractivity contribution in [2.24, 2.45) is 0 Å². The Labute approximate surface area is 212 Å². The fourth-order valence-corrected chi connectivity index (χ4v) is 4.90. The molecule has 8 nitrogen and oxygen atoms in total. The third-order valence-corrected chi connectivity index (χ3v) is 6.89. The van der Waals surface area contributed by atoms with Gasteiger partial charge in [-0.25, -0.2) is 9.59 Å². The van der Waals surface area contributed by atoms with E-state index in [-0.39, 0.29) is 12.5 Å². The zero-order valence-corrected chi connectivity index (χ0v) is 20.9. The summed E-state index contributed by atoms with van der Waals surface area (Å²) in [7, 11) is 0. The number of rotatable bonds is 13. The third-order valence-electron chi connectivity index (χ3n) is 5.16. The van der Waals surface area contributed by atoms with Crippen molar-refractivity contribution in [3.63, 3.8) is 0 Å². The van der Waals surface area contributed by atoms with Crippen LogP contribution in [-0.4, -0.2) is 40.7 Å². The lowest BCUT2D eigenvalue weighted by Gasteiger charge is -2.27. The molecule has 0 saturated heterocycles. The molecule has 3 amide bonds. The van der Waals surface area contributed by atoms with Crippen molar-refractivity contribution in [3.05, 3.63) is 80.7 Å². The normalized spacial score (nSPS) is 11.4. The van der Waals surface area contributed by atoms with Crippen LogP contribution in [0.4, 0.5) is 9.59 Å². The lowest BCUT2D eigenvalue weighted by atomic mass is 10.1. The number of hydrogen-bond donors (Lipinski definition) is 3. The molecule has 0 aliphatic heterocycles. The van der Waals surface area contributed by atoms with Crippen molar-refractivity contribution in [2.75, 3.05) is 6.54 Å². The zero-order chi connectivity index (χ0) is 24.9. The Balaban J connectivity index is 1.48. The van der Waals surface area contributed by atoms with Crippen LogP contribution in [0.25, 0.3) is 0 Å². The maximum atomic E-state index is 13.3. The average molecular weight is 516 g/mol. The molecular formula is C25H29N3O5S2. The molecule has 1 atom stereocenters. The van der Waals surface area contributed by atoms with Crippen molar-refractivity contribution in [1.29, 1.82) is 0 Å². The summed E-state index contributed by atoms with van der Waals surface area (Å²) in [5.41, 5.74) is 0.901. The van der Waals surface area contributed by atoms with Gasteiger partial charge in [-0.05, 0) is 47.7 Å². The number of ether oxygens (including phenoxy) is 1. The van der Waals surface area contributed by atoms with E-state index >= 15 is 0 Å². The first kappa shape index (κ1) is 26.2. The minimum Gasteiger partial charge on any atom is -0.465 e. The molecule has 186 valence electrons. The summed E-state index contributed by atoms with van der Waals surface area (Å²) in [4.78, 5) is 40.4. The van der Waals surface area contributed by atoms with E-state index in [1.165, 1.54) is 0 Å². The topological polar surface area (TPSA) is 108 Å². The van der Waals surface area contributed by atoms with Gasteiger partial charge >= 0.3 is 12.2 Å². The summed E-state index contributed by atoms with van der Waals surface area (Å²) in [5, 5.41) is 18.3. The number of unbranched alkanes of at least 4 members (excludes halogenated alkanes) is 1. The fraction of sp³-hybridized carbons (Fsp3) is 0.320. The van der Waals surface area contributed by atoms with Crippen LogP contribution in [0.2, 0.25) is 0 Å². The summed E-state index contributed by atoms with van der Waals surface area (Å²) in [5.74, 6) is -0.260. The van der Waals surface area contributed by atoms with E-state index < -0.39 is 18.2 Å². The molecule has 3 aromatic rings. The largest absolute Gasteiger partial charge is 0.465 e. The molecule has 10 heteroatoms. The smallest absolute Gasteiger partial charge is 0.407 e. The van der Waals surface area contributed by atoms with E-state index in [2.05, 4.69) is 10.6 Å². The quantitative estimate of drug-likeness (QED) is 0.276. The first-order chi connectivity index (χ1) is 17.0. The van der Waals surface area contributed by atoms with E-state index in [1.54, 1.807) is 27.6 Å². The van der Waals surface area contributed by atoms with Gasteiger partial charge in [-0.1, -0.05) is 42.5 Å². The van der Waals surface area contributed by atoms with Crippen molar-refractivity contribution in [2.45, 2.75) is 45.0 Å². The highest BCUT2D eigenvalue weighted by Crippen LogP contribution is 2.19. The van der Waals surface area contributed by atoms with Crippen molar-refractivity contribution >= 4 is 40.8 Å². The van der Waals surface area contributed by atoms with Crippen molar-refractivity contribution in [1.82, 2.24) is 15.5 Å². The molecule has 35 heavy (non-hydrogen) atoms. The maximum Gasteiger partial charge on any atom is 0.407 e. The minimum absolute atomic E-state index is 0.191. The van der Waals surface area contributed by atoms with E-state index in [1.807, 2.05) is 65.4 Å². The second-order valence-corrected chi connectivity index (χ2v) is 9.90. The second kappa shape index (κ2) is 14.1. The monoisotopic (exact) mass is 515 g/mol. The molecule has 0 bridgehead atoms. The van der Waals surface area contributed by atoms with Crippen LogP contribution in [0.5, 0.6) is 0 Å². The Kier molecular flexibility index (Phi) is 10.6. The van der Waals surface area contributed by atoms with E-state index in [4.69, 9.17) is 4.74 Å². The Hall–Kier alpha value is -3.37. The summed E-state index contributed by atoms with van der Waals surface area (Å²) in [6.07, 6.45) is -0.276. The highest BCUT2D eigenvalue weighted by atomic mass is 32.1. The van der Waals surface area contributed by atoms with E-state index in [0.717, 1.165) is 15.3 Å². The number of carboxylic acid groups (broad SMARTS) is 1. The summed E-state index contributed by atoms with van der Waals surface area (Å²) in [6.45, 7) is 1.40. The Morgan fingerprint density at radius 3 is 2.14 bits per heavy atom. The predicted molar refractivity (Wildman–Crippen MR) is 136 cm³/mol. The Morgan fingerprint density at radius 1 is 0.914 bits per heavy atom. The number of amides is 3. The van der Waals surface area contributed by atoms with E-state index in [0.29, 0.717) is 38.9 Å². The number of hydrogen-bond acceptors (Lipinski definition) is 6. The Bertz CT molecular complexity index is 1010. The van der Waals surface area contributed by atoms with Crippen LogP contribution in [0.3, 0.4) is 0 Å². The van der Waals surface area contributed by atoms with Gasteiger partial charge < -0.3 is 25.4 Å². The molecule has 3 N–H and O–H groups in total. The highest BCUT2D eigenvalue weighted by Gasteiger charge is 2.26. The van der Waals surface area contributed by atoms with Gasteiger partial charge in [0.1, 0.15) is 12.6 Å². The molecule has 0 radical (unpaired) electrons. The molecular weight excluding hydrogens is 486 g/mol. The summed E-state index contributed by atoms with van der Waals surface area (Å²) < 4.78 is 5.18. The van der Waals surface area contributed by atoms with Gasteiger partial charge in [0.05, 0.1) is 13.1 Å². The third kappa shape index (κ3) is 9.42. The molecule has 0 unspecified atom stereocenters. The zero-order valence-electron chi connectivity index (χ0n) is 19.2. The number of alkyl carbamates (subject to hydrolysis) is 1. The highest BCUT2D eigenvalue weighted by molar-refractivity contribution is 7.10. The van der Waals surface area contributed by atoms with Crippen LogP contribution in [0, 0.1) is 0 Å². The number of carbonyl (C=O) groups excluding carboxylic acids is 2. The molecule has 2 aromatic heterocycles. The van der Waals surface area contributed by atoms with Crippen LogP contribution < -0.4 is 10.6 Å². The average Bonchev–Trinajstić information content (AvgIpc) is 3.56. The second-order valence-electron chi connectivity index (χ2n) is 7.84. The molecule has 0 spiro atoms. The van der Waals surface area contributed by atoms with Crippen LogP contribution in [-0.2, 0) is 29.2 Å². The lowest BCUT2D eigenvalue weighted by Crippen LogP contribution is -2.47. The van der Waals surface area contributed by atoms with Gasteiger partial charge in [0.25, 0.3) is 0 Å². The molecule has 0 aliphatic rings. The molecule has 1 aromatic carbocycles. The maximum absolute atomic E-state index is 13.3. The standard InChI is InChI=1S/C25H29N3O5S2/c29-23(28(16-20-10-6-14-34-20)17-21-11-7-15-35-21)22(27-24(30)31)12-4-5-13-26-25(32)33-18-19-8-2-1-3-9-19/h1-3,6-11,14-15,22,27H,4-5,12-13,16-18H2,(H,26,32)(H,30,31)/t22-/m0/s1. The predicted octanol–water partition coefficient (Wildman–Crippen LogP) is 5.07. The number of nitrogens with one attached hydrogen (secondary N) is 2. The Morgan fingerprint density at radius 2 is 1.57 bits per heavy atom. The van der Waals surface area contributed by atoms with Crippen LogP contribution in [0.1, 0.15) is 34.6 Å². The van der Waals surface area contributed by atoms with Gasteiger partial charge in [0, 0.05) is 16.3 Å². The van der Waals surface area contributed by atoms with Gasteiger partial charge in [0.2, 0.25) is 5.91 Å². The molecule has 0 saturated carbocycles. The van der Waals surface area contributed by atoms with Crippen LogP contribution in [0.15, 0.2) is 65.4 Å². The van der Waals surface area contributed by atoms with Crippen molar-refractivity contribution < 1.29 is 24.2 Å². The first-order valence-corrected chi connectivity index (χ1v) is 13.0. The van der Waals surface area contributed by atoms with Gasteiger partial charge in [-0.15, -0.1) is 22.7 Å². The molecule has 2 heterocycles. The first-order valence-electron chi connectivity index (χ1n) is 11.3. The number of thiophene rings is 2. The number of nitrogens with zero attached hydrogens (tertiary/aromatic N) is 1. The van der Waals surface area contributed by atoms with Gasteiger partial charge in [-0.3, -0.25) is 4.79 Å². The number of benzene rings is 1. The van der Waals surface area contributed by atoms with E-state index in [9.17, 15) is 19.5 Å². The molecule has 0 aliphatic carbocycles. The summed E-state index contributed by atoms with van der Waals surface area (Å²) in [6, 6.07) is 16.3. The number of carbonyl (C=O) groups is 3. The SMILES string of the molecule is O=C(O)N[C@@H](CCCCNC(=O)OCc1ccccc1)C(=O)N(Cc1cccs1)Cc1cccs1. The molecule has 3 rings (SSSR count). The van der Waals surface area contributed by atoms with Gasteiger partial charge in [0.15, 0.2) is 0 Å². The van der Waals surface area contributed by atoms with Crippen LogP contribution >= 0.6 is 22.7 Å². The molecule has 0 fully saturated rings. The lowest BCUT2D eigenvalue weighted by molar-refractivity contribution is -0.134. The van der Waals surface area contributed by atoms with Crippen molar-refractivity contribution in [3.8, 4) is 0 Å². The minimum atomic E-state index is -1.24. The summed E-state index contributed by atoms with van der Waals surface area (Å²) >= 11 is 3.11. The van der Waals surface area contributed by atoms with Gasteiger partial charge in [-0.2, -0.15) is 0 Å².